The maximum Gasteiger partial charge on any atom is 0.127 e. The van der Waals surface area contributed by atoms with Crippen molar-refractivity contribution in [3.8, 4) is 0 Å². The molecule has 0 aliphatic rings. The molecule has 1 rings (SSSR count). The molecule has 0 heterocycles. The Morgan fingerprint density at radius 1 is 1.47 bits per heavy atom. The van der Waals surface area contributed by atoms with E-state index in [0.717, 1.165) is 0 Å². The maximum atomic E-state index is 13.2. The molecule has 0 fully saturated rings. The fourth-order valence-electron chi connectivity index (χ4n) is 1.18. The highest BCUT2D eigenvalue weighted by Gasteiger charge is 2.11. The SMILES string of the molecule is CC(C)(O)CNCc1cc(Cl)ccc1F. The van der Waals surface area contributed by atoms with Crippen LogP contribution < -0.4 is 5.32 Å². The van der Waals surface area contributed by atoms with Crippen LogP contribution in [0.2, 0.25) is 5.02 Å². The van der Waals surface area contributed by atoms with E-state index in [1.165, 1.54) is 12.1 Å². The molecule has 1 aromatic rings. The number of hydrogen-bond donors (Lipinski definition) is 2. The number of halogens is 2. The summed E-state index contributed by atoms with van der Waals surface area (Å²) in [5.41, 5.74) is -0.290. The van der Waals surface area contributed by atoms with Gasteiger partial charge in [-0.05, 0) is 32.0 Å². The maximum absolute atomic E-state index is 13.2. The van der Waals surface area contributed by atoms with Gasteiger partial charge in [-0.15, -0.1) is 0 Å². The fraction of sp³-hybridized carbons (Fsp3) is 0.455. The molecule has 0 radical (unpaired) electrons. The van der Waals surface area contributed by atoms with Crippen LogP contribution in [0.1, 0.15) is 19.4 Å². The predicted molar refractivity (Wildman–Crippen MR) is 59.4 cm³/mol. The highest BCUT2D eigenvalue weighted by Crippen LogP contribution is 2.14. The summed E-state index contributed by atoms with van der Waals surface area (Å²) in [7, 11) is 0. The van der Waals surface area contributed by atoms with Crippen LogP contribution in [-0.4, -0.2) is 17.3 Å². The van der Waals surface area contributed by atoms with Crippen molar-refractivity contribution in [1.82, 2.24) is 5.32 Å². The van der Waals surface area contributed by atoms with Gasteiger partial charge in [0.1, 0.15) is 5.82 Å². The van der Waals surface area contributed by atoms with E-state index in [9.17, 15) is 9.50 Å². The monoisotopic (exact) mass is 231 g/mol. The lowest BCUT2D eigenvalue weighted by atomic mass is 10.1. The summed E-state index contributed by atoms with van der Waals surface area (Å²) in [5, 5.41) is 12.9. The second kappa shape index (κ2) is 4.92. The molecule has 0 saturated heterocycles. The molecule has 0 aromatic heterocycles. The summed E-state index contributed by atoms with van der Waals surface area (Å²) in [4.78, 5) is 0. The van der Waals surface area contributed by atoms with Gasteiger partial charge in [-0.25, -0.2) is 4.39 Å². The molecule has 2 N–H and O–H groups in total. The lowest BCUT2D eigenvalue weighted by Crippen LogP contribution is -2.34. The lowest BCUT2D eigenvalue weighted by molar-refractivity contribution is 0.0794. The Morgan fingerprint density at radius 3 is 2.73 bits per heavy atom. The molecule has 0 bridgehead atoms. The summed E-state index contributed by atoms with van der Waals surface area (Å²) in [5.74, 6) is -0.289. The van der Waals surface area contributed by atoms with Crippen molar-refractivity contribution in [2.24, 2.45) is 0 Å². The zero-order valence-corrected chi connectivity index (χ0v) is 9.61. The molecular formula is C11H15ClFNO. The van der Waals surface area contributed by atoms with Crippen LogP contribution >= 0.6 is 11.6 Å². The van der Waals surface area contributed by atoms with Gasteiger partial charge >= 0.3 is 0 Å². The van der Waals surface area contributed by atoms with E-state index in [0.29, 0.717) is 23.7 Å². The molecule has 0 saturated carbocycles. The van der Waals surface area contributed by atoms with Crippen molar-refractivity contribution in [1.29, 1.82) is 0 Å². The first kappa shape index (κ1) is 12.4. The second-order valence-electron chi connectivity index (χ2n) is 4.15. The number of rotatable bonds is 4. The van der Waals surface area contributed by atoms with Gasteiger partial charge in [-0.1, -0.05) is 11.6 Å². The van der Waals surface area contributed by atoms with E-state index in [1.807, 2.05) is 0 Å². The topological polar surface area (TPSA) is 32.3 Å². The molecule has 2 nitrogen and oxygen atoms in total. The highest BCUT2D eigenvalue weighted by molar-refractivity contribution is 6.30. The standard InChI is InChI=1S/C11H15ClFNO/c1-11(2,15)7-14-6-8-5-9(12)3-4-10(8)13/h3-5,14-15H,6-7H2,1-2H3. The largest absolute Gasteiger partial charge is 0.389 e. The van der Waals surface area contributed by atoms with Crippen LogP contribution in [0.4, 0.5) is 4.39 Å². The van der Waals surface area contributed by atoms with Gasteiger partial charge in [0, 0.05) is 23.7 Å². The zero-order valence-electron chi connectivity index (χ0n) is 8.85. The zero-order chi connectivity index (χ0) is 11.5. The molecule has 0 aliphatic heterocycles. The van der Waals surface area contributed by atoms with Crippen molar-refractivity contribution in [3.63, 3.8) is 0 Å². The Hall–Kier alpha value is -0.640. The molecule has 84 valence electrons. The summed E-state index contributed by atoms with van der Waals surface area (Å²) < 4.78 is 13.2. The van der Waals surface area contributed by atoms with Crippen molar-refractivity contribution in [2.75, 3.05) is 6.54 Å². The van der Waals surface area contributed by atoms with Crippen LogP contribution in [0, 0.1) is 5.82 Å². The van der Waals surface area contributed by atoms with Crippen LogP contribution in [-0.2, 0) is 6.54 Å². The van der Waals surface area contributed by atoms with Crippen LogP contribution in [0.15, 0.2) is 18.2 Å². The van der Waals surface area contributed by atoms with Gasteiger partial charge in [-0.3, -0.25) is 0 Å². The summed E-state index contributed by atoms with van der Waals surface area (Å²) in [6.45, 7) is 4.14. The van der Waals surface area contributed by atoms with Crippen LogP contribution in [0.5, 0.6) is 0 Å². The first-order valence-corrected chi connectivity index (χ1v) is 5.13. The van der Waals surface area contributed by atoms with Crippen molar-refractivity contribution in [2.45, 2.75) is 26.0 Å². The first-order valence-electron chi connectivity index (χ1n) is 4.75. The van der Waals surface area contributed by atoms with E-state index < -0.39 is 5.60 Å². The van der Waals surface area contributed by atoms with Crippen molar-refractivity contribution in [3.05, 3.63) is 34.6 Å². The fourth-order valence-corrected chi connectivity index (χ4v) is 1.38. The molecule has 0 aliphatic carbocycles. The van der Waals surface area contributed by atoms with E-state index in [2.05, 4.69) is 5.32 Å². The number of benzene rings is 1. The number of nitrogens with one attached hydrogen (secondary N) is 1. The third-order valence-corrected chi connectivity index (χ3v) is 2.12. The number of aliphatic hydroxyl groups is 1. The third kappa shape index (κ3) is 4.60. The van der Waals surface area contributed by atoms with Gasteiger partial charge in [-0.2, -0.15) is 0 Å². The summed E-state index contributed by atoms with van der Waals surface area (Å²) in [6, 6.07) is 4.42. The molecule has 1 aromatic carbocycles. The predicted octanol–water partition coefficient (Wildman–Crippen LogP) is 2.34. The van der Waals surface area contributed by atoms with Crippen LogP contribution in [0.25, 0.3) is 0 Å². The molecular weight excluding hydrogens is 217 g/mol. The van der Waals surface area contributed by atoms with E-state index >= 15 is 0 Å². The van der Waals surface area contributed by atoms with Crippen LogP contribution in [0.3, 0.4) is 0 Å². The van der Waals surface area contributed by atoms with Gasteiger partial charge in [0.2, 0.25) is 0 Å². The Balaban J connectivity index is 2.54. The van der Waals surface area contributed by atoms with Gasteiger partial charge < -0.3 is 10.4 Å². The summed E-state index contributed by atoms with van der Waals surface area (Å²) >= 11 is 5.74. The van der Waals surface area contributed by atoms with Gasteiger partial charge in [0.25, 0.3) is 0 Å². The minimum absolute atomic E-state index is 0.289. The van der Waals surface area contributed by atoms with E-state index in [-0.39, 0.29) is 5.82 Å². The third-order valence-electron chi connectivity index (χ3n) is 1.88. The normalized spacial score (nSPS) is 11.8. The lowest BCUT2D eigenvalue weighted by Gasteiger charge is -2.17. The molecule has 15 heavy (non-hydrogen) atoms. The molecule has 4 heteroatoms. The molecule has 0 unspecified atom stereocenters. The smallest absolute Gasteiger partial charge is 0.127 e. The Bertz CT molecular complexity index is 336. The van der Waals surface area contributed by atoms with Gasteiger partial charge in [0.15, 0.2) is 0 Å². The first-order chi connectivity index (χ1) is 6.88. The molecule has 0 atom stereocenters. The minimum atomic E-state index is -0.797. The second-order valence-corrected chi connectivity index (χ2v) is 4.59. The summed E-state index contributed by atoms with van der Waals surface area (Å²) in [6.07, 6.45) is 0. The Kier molecular flexibility index (Phi) is 4.08. The minimum Gasteiger partial charge on any atom is -0.389 e. The Morgan fingerprint density at radius 2 is 2.13 bits per heavy atom. The Labute approximate surface area is 94.1 Å². The molecule has 0 amide bonds. The van der Waals surface area contributed by atoms with E-state index in [1.54, 1.807) is 19.9 Å². The highest BCUT2D eigenvalue weighted by atomic mass is 35.5. The van der Waals surface area contributed by atoms with Gasteiger partial charge in [0.05, 0.1) is 5.60 Å². The average Bonchev–Trinajstić information content (AvgIpc) is 2.09. The van der Waals surface area contributed by atoms with E-state index in [4.69, 9.17) is 11.6 Å². The van der Waals surface area contributed by atoms with Crippen molar-refractivity contribution < 1.29 is 9.50 Å². The average molecular weight is 232 g/mol. The van der Waals surface area contributed by atoms with Crippen molar-refractivity contribution >= 4 is 11.6 Å². The number of hydrogen-bond acceptors (Lipinski definition) is 2. The quantitative estimate of drug-likeness (QED) is 0.834. The molecule has 0 spiro atoms.